The summed E-state index contributed by atoms with van der Waals surface area (Å²) in [5.74, 6) is -1.96. The van der Waals surface area contributed by atoms with Crippen LogP contribution in [0.3, 0.4) is 0 Å². The second kappa shape index (κ2) is 9.98. The first-order chi connectivity index (χ1) is 17.9. The first kappa shape index (κ1) is 23.8. The quantitative estimate of drug-likeness (QED) is 0.262. The van der Waals surface area contributed by atoms with Crippen molar-refractivity contribution in [1.82, 2.24) is 19.9 Å². The molecule has 0 radical (unpaired) electrons. The SMILES string of the molecule is O=C(O)[C@H](Cc1ccccc1)NC(=O)[C@@H](Cc1c[nH]c2ccccc12)n1c(=O)[nH]c2ccccc2c1=O. The van der Waals surface area contributed by atoms with E-state index in [2.05, 4.69) is 15.3 Å². The van der Waals surface area contributed by atoms with E-state index in [0.29, 0.717) is 11.1 Å². The lowest BCUT2D eigenvalue weighted by Gasteiger charge is -2.22. The molecular weight excluding hydrogens is 472 g/mol. The summed E-state index contributed by atoms with van der Waals surface area (Å²) in [7, 11) is 0. The van der Waals surface area contributed by atoms with Crippen LogP contribution in [0, 0.1) is 0 Å². The minimum atomic E-state index is -1.29. The van der Waals surface area contributed by atoms with E-state index in [1.165, 1.54) is 0 Å². The molecule has 9 nitrogen and oxygen atoms in total. The van der Waals surface area contributed by atoms with Gasteiger partial charge in [0.05, 0.1) is 10.9 Å². The molecule has 0 aliphatic carbocycles. The zero-order valence-electron chi connectivity index (χ0n) is 19.7. The summed E-state index contributed by atoms with van der Waals surface area (Å²) < 4.78 is 0.876. The van der Waals surface area contributed by atoms with E-state index >= 15 is 0 Å². The van der Waals surface area contributed by atoms with Crippen LogP contribution in [-0.4, -0.2) is 37.6 Å². The number of H-pyrrole nitrogens is 2. The zero-order chi connectivity index (χ0) is 25.9. The number of fused-ring (bicyclic) bond motifs is 2. The van der Waals surface area contributed by atoms with Crippen molar-refractivity contribution >= 4 is 33.7 Å². The van der Waals surface area contributed by atoms with Crippen LogP contribution in [0.15, 0.2) is 94.6 Å². The van der Waals surface area contributed by atoms with Gasteiger partial charge in [-0.2, -0.15) is 0 Å². The van der Waals surface area contributed by atoms with Gasteiger partial charge in [0.15, 0.2) is 0 Å². The summed E-state index contributed by atoms with van der Waals surface area (Å²) in [6, 6.07) is 20.4. The van der Waals surface area contributed by atoms with Crippen LogP contribution >= 0.6 is 0 Å². The normalized spacial score (nSPS) is 12.9. The third kappa shape index (κ3) is 4.79. The number of nitrogens with one attached hydrogen (secondary N) is 3. The van der Waals surface area contributed by atoms with Gasteiger partial charge in [-0.15, -0.1) is 0 Å². The highest BCUT2D eigenvalue weighted by molar-refractivity contribution is 5.88. The Labute approximate surface area is 210 Å². The average Bonchev–Trinajstić information content (AvgIpc) is 3.31. The van der Waals surface area contributed by atoms with Gasteiger partial charge in [-0.05, 0) is 29.3 Å². The molecule has 0 unspecified atom stereocenters. The predicted molar refractivity (Wildman–Crippen MR) is 140 cm³/mol. The van der Waals surface area contributed by atoms with Gasteiger partial charge in [0.25, 0.3) is 5.56 Å². The number of hydrogen-bond donors (Lipinski definition) is 4. The van der Waals surface area contributed by atoms with Crippen LogP contribution in [0.2, 0.25) is 0 Å². The number of aromatic nitrogens is 3. The molecule has 0 saturated heterocycles. The Morgan fingerprint density at radius 2 is 1.49 bits per heavy atom. The highest BCUT2D eigenvalue weighted by Crippen LogP contribution is 2.22. The molecular formula is C28H24N4O5. The van der Waals surface area contributed by atoms with Gasteiger partial charge in [-0.25, -0.2) is 14.2 Å². The van der Waals surface area contributed by atoms with E-state index in [-0.39, 0.29) is 18.2 Å². The van der Waals surface area contributed by atoms with Crippen LogP contribution in [0.25, 0.3) is 21.8 Å². The number of carbonyl (C=O) groups is 2. The molecule has 0 bridgehead atoms. The summed E-state index contributed by atoms with van der Waals surface area (Å²) in [6.07, 6.45) is 1.77. The highest BCUT2D eigenvalue weighted by atomic mass is 16.4. The minimum Gasteiger partial charge on any atom is -0.480 e. The maximum Gasteiger partial charge on any atom is 0.329 e. The fourth-order valence-electron chi connectivity index (χ4n) is 4.59. The molecule has 0 saturated carbocycles. The molecule has 2 heterocycles. The average molecular weight is 497 g/mol. The topological polar surface area (TPSA) is 137 Å². The number of carbonyl (C=O) groups excluding carboxylic acids is 1. The highest BCUT2D eigenvalue weighted by Gasteiger charge is 2.30. The molecule has 4 N–H and O–H groups in total. The lowest BCUT2D eigenvalue weighted by Crippen LogP contribution is -2.50. The summed E-state index contributed by atoms with van der Waals surface area (Å²) in [6.45, 7) is 0. The molecule has 5 aromatic rings. The Morgan fingerprint density at radius 3 is 2.22 bits per heavy atom. The van der Waals surface area contributed by atoms with E-state index in [1.54, 1.807) is 54.7 Å². The number of carboxylic acids is 1. The monoisotopic (exact) mass is 496 g/mol. The number of aliphatic carboxylic acids is 1. The molecule has 0 fully saturated rings. The minimum absolute atomic E-state index is 0.00511. The van der Waals surface area contributed by atoms with Crippen LogP contribution in [0.4, 0.5) is 0 Å². The Hall–Kier alpha value is -4.92. The first-order valence-electron chi connectivity index (χ1n) is 11.8. The van der Waals surface area contributed by atoms with E-state index in [0.717, 1.165) is 21.0 Å². The van der Waals surface area contributed by atoms with Crippen molar-refractivity contribution in [3.8, 4) is 0 Å². The van der Waals surface area contributed by atoms with Gasteiger partial charge in [0.2, 0.25) is 5.91 Å². The van der Waals surface area contributed by atoms with Crippen LogP contribution in [0.1, 0.15) is 17.2 Å². The number of aromatic amines is 2. The van der Waals surface area contributed by atoms with Crippen molar-refractivity contribution in [2.45, 2.75) is 24.9 Å². The van der Waals surface area contributed by atoms with Crippen molar-refractivity contribution in [2.75, 3.05) is 0 Å². The zero-order valence-corrected chi connectivity index (χ0v) is 19.7. The van der Waals surface area contributed by atoms with Crippen molar-refractivity contribution in [1.29, 1.82) is 0 Å². The Bertz CT molecular complexity index is 1720. The fourth-order valence-corrected chi connectivity index (χ4v) is 4.59. The van der Waals surface area contributed by atoms with Gasteiger partial charge in [0, 0.05) is 29.9 Å². The largest absolute Gasteiger partial charge is 0.480 e. The number of rotatable bonds is 8. The van der Waals surface area contributed by atoms with E-state index < -0.39 is 35.2 Å². The Morgan fingerprint density at radius 1 is 0.838 bits per heavy atom. The number of hydrogen-bond acceptors (Lipinski definition) is 4. The van der Waals surface area contributed by atoms with Gasteiger partial charge >= 0.3 is 11.7 Å². The molecule has 0 aliphatic rings. The summed E-state index contributed by atoms with van der Waals surface area (Å²) >= 11 is 0. The third-order valence-corrected chi connectivity index (χ3v) is 6.44. The van der Waals surface area contributed by atoms with Crippen LogP contribution in [0.5, 0.6) is 0 Å². The molecule has 5 rings (SSSR count). The molecule has 0 aliphatic heterocycles. The molecule has 1 amide bonds. The van der Waals surface area contributed by atoms with Gasteiger partial charge in [-0.3, -0.25) is 9.59 Å². The number of benzene rings is 3. The molecule has 37 heavy (non-hydrogen) atoms. The molecule has 2 aromatic heterocycles. The predicted octanol–water partition coefficient (Wildman–Crippen LogP) is 2.77. The van der Waals surface area contributed by atoms with Crippen molar-refractivity contribution in [3.05, 3.63) is 117 Å². The second-order valence-electron chi connectivity index (χ2n) is 8.82. The molecule has 2 atom stereocenters. The maximum atomic E-state index is 13.7. The van der Waals surface area contributed by atoms with E-state index in [1.807, 2.05) is 30.3 Å². The second-order valence-corrected chi connectivity index (χ2v) is 8.82. The standard InChI is InChI=1S/C28H24N4O5/c33-25(30-23(27(35)36)14-17-8-2-1-3-9-17)24(15-18-16-29-21-12-6-4-10-19(18)21)32-26(34)20-11-5-7-13-22(20)31-28(32)37/h1-13,16,23-24,29H,14-15H2,(H,30,33)(H,31,37)(H,35,36)/t23-,24+/m0/s1. The third-order valence-electron chi connectivity index (χ3n) is 6.44. The van der Waals surface area contributed by atoms with Gasteiger partial charge in [0.1, 0.15) is 12.1 Å². The summed E-state index contributed by atoms with van der Waals surface area (Å²) in [5, 5.41) is 13.5. The first-order valence-corrected chi connectivity index (χ1v) is 11.8. The number of carboxylic acid groups (broad SMARTS) is 1. The lowest BCUT2D eigenvalue weighted by molar-refractivity contribution is -0.142. The molecule has 0 spiro atoms. The lowest BCUT2D eigenvalue weighted by atomic mass is 10.0. The van der Waals surface area contributed by atoms with Crippen LogP contribution in [-0.2, 0) is 22.4 Å². The Balaban J connectivity index is 1.57. The Kier molecular flexibility index (Phi) is 6.42. The van der Waals surface area contributed by atoms with Crippen molar-refractivity contribution in [2.24, 2.45) is 0 Å². The van der Waals surface area contributed by atoms with Crippen LogP contribution < -0.4 is 16.6 Å². The number of amides is 1. The summed E-state index contributed by atoms with van der Waals surface area (Å²) in [4.78, 5) is 58.0. The number of para-hydroxylation sites is 2. The fraction of sp³-hybridized carbons (Fsp3) is 0.143. The van der Waals surface area contributed by atoms with Gasteiger partial charge in [-0.1, -0.05) is 60.7 Å². The molecule has 9 heteroatoms. The van der Waals surface area contributed by atoms with E-state index in [9.17, 15) is 24.3 Å². The maximum absolute atomic E-state index is 13.7. The smallest absolute Gasteiger partial charge is 0.329 e. The number of nitrogens with zero attached hydrogens (tertiary/aromatic N) is 1. The van der Waals surface area contributed by atoms with Crippen molar-refractivity contribution < 1.29 is 14.7 Å². The summed E-state index contributed by atoms with van der Waals surface area (Å²) in [5.41, 5.74) is 1.25. The van der Waals surface area contributed by atoms with Crippen molar-refractivity contribution in [3.63, 3.8) is 0 Å². The molecule has 186 valence electrons. The van der Waals surface area contributed by atoms with E-state index in [4.69, 9.17) is 0 Å². The van der Waals surface area contributed by atoms with Gasteiger partial charge < -0.3 is 20.4 Å². The molecule has 3 aromatic carbocycles.